The summed E-state index contributed by atoms with van der Waals surface area (Å²) in [6.07, 6.45) is -7.19. The highest BCUT2D eigenvalue weighted by molar-refractivity contribution is 5.96. The Bertz CT molecular complexity index is 1280. The van der Waals surface area contributed by atoms with Crippen LogP contribution >= 0.6 is 0 Å². The molecule has 0 aromatic carbocycles. The summed E-state index contributed by atoms with van der Waals surface area (Å²) in [5.41, 5.74) is -3.47. The fourth-order valence-corrected chi connectivity index (χ4v) is 4.16. The minimum absolute atomic E-state index is 0.0199. The van der Waals surface area contributed by atoms with Gasteiger partial charge in [-0.25, -0.2) is 18.7 Å². The molecular weight excluding hydrogens is 530 g/mol. The number of nitrogens with zero attached hydrogens (tertiary/aromatic N) is 6. The quantitative estimate of drug-likeness (QED) is 0.465. The summed E-state index contributed by atoms with van der Waals surface area (Å²) in [6, 6.07) is 2.33. The molecule has 1 saturated heterocycles. The van der Waals surface area contributed by atoms with Crippen molar-refractivity contribution in [3.63, 3.8) is 0 Å². The van der Waals surface area contributed by atoms with E-state index in [-0.39, 0.29) is 18.1 Å². The predicted molar refractivity (Wildman–Crippen MR) is 115 cm³/mol. The van der Waals surface area contributed by atoms with E-state index in [1.54, 1.807) is 0 Å². The summed E-state index contributed by atoms with van der Waals surface area (Å²) in [6.45, 7) is 0.0813. The Hall–Kier alpha value is -3.85. The second-order valence-electron chi connectivity index (χ2n) is 8.73. The lowest BCUT2D eigenvalue weighted by atomic mass is 9.88. The van der Waals surface area contributed by atoms with E-state index in [2.05, 4.69) is 25.5 Å². The van der Waals surface area contributed by atoms with Gasteiger partial charge in [0.15, 0.2) is 5.69 Å². The highest BCUT2D eigenvalue weighted by Gasteiger charge is 2.47. The first kappa shape index (κ1) is 27.2. The maximum atomic E-state index is 14.6. The molecule has 0 unspecified atom stereocenters. The first-order valence-corrected chi connectivity index (χ1v) is 11.1. The Labute approximate surface area is 209 Å². The van der Waals surface area contributed by atoms with E-state index in [4.69, 9.17) is 0 Å². The van der Waals surface area contributed by atoms with Crippen molar-refractivity contribution in [3.05, 3.63) is 59.8 Å². The molecular formula is C22H19F8N7O. The van der Waals surface area contributed by atoms with Crippen LogP contribution in [0.5, 0.6) is 0 Å². The van der Waals surface area contributed by atoms with E-state index < -0.39 is 66.1 Å². The van der Waals surface area contributed by atoms with Gasteiger partial charge in [-0.15, -0.1) is 4.80 Å². The van der Waals surface area contributed by atoms with E-state index >= 15 is 0 Å². The van der Waals surface area contributed by atoms with E-state index in [0.29, 0.717) is 17.2 Å². The molecule has 0 saturated carbocycles. The van der Waals surface area contributed by atoms with Crippen LogP contribution in [-0.2, 0) is 12.4 Å². The molecule has 0 radical (unpaired) electrons. The first-order chi connectivity index (χ1) is 17.7. The molecule has 0 spiro atoms. The number of piperidine rings is 1. The number of nitrogens with one attached hydrogen (secondary N) is 1. The summed E-state index contributed by atoms with van der Waals surface area (Å²) >= 11 is 0. The number of hydrogen-bond acceptors (Lipinski definition) is 6. The molecule has 1 fully saturated rings. The molecule has 1 amide bonds. The second kappa shape index (κ2) is 9.79. The minimum atomic E-state index is -4.93. The fraction of sp³-hybridized carbons (Fsp3) is 0.409. The number of anilines is 1. The zero-order valence-electron chi connectivity index (χ0n) is 19.4. The highest BCUT2D eigenvalue weighted by atomic mass is 19.4. The molecule has 8 nitrogen and oxygen atoms in total. The zero-order valence-corrected chi connectivity index (χ0v) is 19.4. The number of amides is 1. The zero-order chi connectivity index (χ0) is 27.9. The standard InChI is InChI=1S/C22H19F8N7O/c1-12-8-20(23,24)11-36(15(12)10-32-17-5-2-13(9-31-17)21(25,26)27)19(38)18-14(37-33-6-7-34-37)3-4-16(35-18)22(28,29)30/h2-7,9,12,15H,8,10-11H2,1H3,(H,31,32)/t12-,15-/m1/s1. The summed E-state index contributed by atoms with van der Waals surface area (Å²) in [5.74, 6) is -5.46. The molecule has 3 aromatic heterocycles. The SMILES string of the molecule is C[C@@H]1CC(F)(F)CN(C(=O)c2nc(C(F)(F)F)ccc2-n2nccn2)[C@@H]1CNc1ccc(C(F)(F)F)cn1. The van der Waals surface area contributed by atoms with Crippen LogP contribution in [0.1, 0.15) is 35.1 Å². The van der Waals surface area contributed by atoms with Crippen LogP contribution in [0.2, 0.25) is 0 Å². The van der Waals surface area contributed by atoms with Gasteiger partial charge in [-0.05, 0) is 30.2 Å². The number of pyridine rings is 2. The maximum Gasteiger partial charge on any atom is 0.433 e. The van der Waals surface area contributed by atoms with E-state index in [1.807, 2.05) is 0 Å². The van der Waals surface area contributed by atoms with E-state index in [1.165, 1.54) is 19.3 Å². The number of halogens is 8. The highest BCUT2D eigenvalue weighted by Crippen LogP contribution is 2.36. The number of carbonyl (C=O) groups excluding carboxylic acids is 1. The molecule has 16 heteroatoms. The molecule has 1 aliphatic rings. The molecule has 3 aromatic rings. The molecule has 1 aliphatic heterocycles. The minimum Gasteiger partial charge on any atom is -0.368 e. The third-order valence-electron chi connectivity index (χ3n) is 5.92. The molecule has 2 atom stereocenters. The van der Waals surface area contributed by atoms with Gasteiger partial charge in [-0.2, -0.15) is 36.5 Å². The van der Waals surface area contributed by atoms with Crippen LogP contribution in [-0.4, -0.2) is 60.8 Å². The monoisotopic (exact) mass is 549 g/mol. The van der Waals surface area contributed by atoms with Gasteiger partial charge in [0.2, 0.25) is 0 Å². The number of likely N-dealkylation sites (tertiary alicyclic amines) is 1. The van der Waals surface area contributed by atoms with Crippen molar-refractivity contribution < 1.29 is 39.9 Å². The Morgan fingerprint density at radius 3 is 2.32 bits per heavy atom. The van der Waals surface area contributed by atoms with Gasteiger partial charge in [0.1, 0.15) is 17.2 Å². The van der Waals surface area contributed by atoms with Crippen LogP contribution in [0.15, 0.2) is 42.9 Å². The Morgan fingerprint density at radius 2 is 1.74 bits per heavy atom. The van der Waals surface area contributed by atoms with E-state index in [9.17, 15) is 39.9 Å². The van der Waals surface area contributed by atoms with Crippen molar-refractivity contribution in [2.24, 2.45) is 5.92 Å². The van der Waals surface area contributed by atoms with Crippen molar-refractivity contribution in [3.8, 4) is 5.69 Å². The average molecular weight is 549 g/mol. The fourth-order valence-electron chi connectivity index (χ4n) is 4.16. The van der Waals surface area contributed by atoms with Crippen LogP contribution in [0.4, 0.5) is 40.9 Å². The Morgan fingerprint density at radius 1 is 1.05 bits per heavy atom. The summed E-state index contributed by atoms with van der Waals surface area (Å²) < 4.78 is 108. The largest absolute Gasteiger partial charge is 0.433 e. The normalized spacial score (nSPS) is 19.9. The third-order valence-corrected chi connectivity index (χ3v) is 5.92. The molecule has 4 rings (SSSR count). The van der Waals surface area contributed by atoms with Crippen molar-refractivity contribution in [2.75, 3.05) is 18.4 Å². The van der Waals surface area contributed by atoms with Gasteiger partial charge >= 0.3 is 12.4 Å². The molecule has 204 valence electrons. The van der Waals surface area contributed by atoms with E-state index in [0.717, 1.165) is 23.0 Å². The van der Waals surface area contributed by atoms with Gasteiger partial charge in [-0.1, -0.05) is 6.92 Å². The van der Waals surface area contributed by atoms with Crippen LogP contribution in [0.25, 0.3) is 5.69 Å². The lowest BCUT2D eigenvalue weighted by molar-refractivity contribution is -0.141. The van der Waals surface area contributed by atoms with Gasteiger partial charge in [0, 0.05) is 19.2 Å². The second-order valence-corrected chi connectivity index (χ2v) is 8.73. The summed E-state index contributed by atoms with van der Waals surface area (Å²) in [7, 11) is 0. The predicted octanol–water partition coefficient (Wildman–Crippen LogP) is 4.69. The summed E-state index contributed by atoms with van der Waals surface area (Å²) in [5, 5.41) is 10.3. The lowest BCUT2D eigenvalue weighted by Crippen LogP contribution is -2.57. The van der Waals surface area contributed by atoms with Gasteiger partial charge in [0.25, 0.3) is 11.8 Å². The topological polar surface area (TPSA) is 88.8 Å². The number of aromatic nitrogens is 5. The van der Waals surface area contributed by atoms with Crippen LogP contribution in [0.3, 0.4) is 0 Å². The van der Waals surface area contributed by atoms with Gasteiger partial charge in [0.05, 0.1) is 30.5 Å². The third kappa shape index (κ3) is 5.83. The molecule has 38 heavy (non-hydrogen) atoms. The van der Waals surface area contributed by atoms with Crippen molar-refractivity contribution in [1.82, 2.24) is 29.9 Å². The average Bonchev–Trinajstić information content (AvgIpc) is 3.36. The summed E-state index contributed by atoms with van der Waals surface area (Å²) in [4.78, 5) is 22.2. The number of carbonyl (C=O) groups is 1. The molecule has 4 heterocycles. The first-order valence-electron chi connectivity index (χ1n) is 11.1. The number of hydrogen-bond donors (Lipinski definition) is 1. The lowest BCUT2D eigenvalue weighted by Gasteiger charge is -2.43. The van der Waals surface area contributed by atoms with Gasteiger partial charge < -0.3 is 10.2 Å². The van der Waals surface area contributed by atoms with Crippen molar-refractivity contribution >= 4 is 11.7 Å². The van der Waals surface area contributed by atoms with Gasteiger partial charge in [-0.3, -0.25) is 4.79 Å². The number of rotatable bonds is 5. The van der Waals surface area contributed by atoms with Crippen molar-refractivity contribution in [1.29, 1.82) is 0 Å². The maximum absolute atomic E-state index is 14.6. The number of alkyl halides is 8. The Kier molecular flexibility index (Phi) is 7.01. The smallest absolute Gasteiger partial charge is 0.368 e. The van der Waals surface area contributed by atoms with Crippen molar-refractivity contribution in [2.45, 2.75) is 37.7 Å². The molecule has 1 N–H and O–H groups in total. The van der Waals surface area contributed by atoms with Crippen LogP contribution < -0.4 is 5.32 Å². The molecule has 0 aliphatic carbocycles. The van der Waals surface area contributed by atoms with Crippen LogP contribution in [0, 0.1) is 5.92 Å². The molecule has 0 bridgehead atoms. The Balaban J connectivity index is 1.67.